The molecule has 4 N–H and O–H groups in total. The summed E-state index contributed by atoms with van der Waals surface area (Å²) >= 11 is 0. The summed E-state index contributed by atoms with van der Waals surface area (Å²) in [6.07, 6.45) is 1.05. The first-order valence-corrected chi connectivity index (χ1v) is 6.64. The van der Waals surface area contributed by atoms with Crippen molar-refractivity contribution in [3.05, 3.63) is 18.2 Å². The molecule has 0 saturated carbocycles. The van der Waals surface area contributed by atoms with Crippen LogP contribution in [0.3, 0.4) is 0 Å². The lowest BCUT2D eigenvalue weighted by Gasteiger charge is -2.16. The summed E-state index contributed by atoms with van der Waals surface area (Å²) in [4.78, 5) is 6.53. The zero-order valence-electron chi connectivity index (χ0n) is 11.0. The first-order valence-electron chi connectivity index (χ1n) is 6.64. The summed E-state index contributed by atoms with van der Waals surface area (Å²) in [6, 6.07) is 4.40. The second kappa shape index (κ2) is 5.38. The molecule has 0 aliphatic carbocycles. The van der Waals surface area contributed by atoms with E-state index in [1.807, 2.05) is 0 Å². The largest absolute Gasteiger partial charge is 0.508 e. The van der Waals surface area contributed by atoms with Crippen LogP contribution in [0.2, 0.25) is 0 Å². The first kappa shape index (κ1) is 12.7. The van der Waals surface area contributed by atoms with E-state index in [4.69, 9.17) is 0 Å². The lowest BCUT2D eigenvalue weighted by molar-refractivity contribution is 0.451. The van der Waals surface area contributed by atoms with E-state index in [2.05, 4.69) is 25.4 Å². The van der Waals surface area contributed by atoms with Gasteiger partial charge in [0.05, 0.1) is 5.56 Å². The van der Waals surface area contributed by atoms with Crippen molar-refractivity contribution in [2.45, 2.75) is 6.42 Å². The van der Waals surface area contributed by atoms with Crippen LogP contribution < -0.4 is 10.2 Å². The second-order valence-electron chi connectivity index (χ2n) is 4.78. The fraction of sp³-hybridized carbons (Fsp3) is 0.385. The number of anilines is 1. The van der Waals surface area contributed by atoms with E-state index in [0.29, 0.717) is 17.3 Å². The molecule has 3 rings (SSSR count). The van der Waals surface area contributed by atoms with Crippen LogP contribution in [0.5, 0.6) is 11.5 Å². The first-order chi connectivity index (χ1) is 9.74. The van der Waals surface area contributed by atoms with Crippen LogP contribution in [0.1, 0.15) is 6.42 Å². The molecule has 106 valence electrons. The number of aromatic amines is 1. The van der Waals surface area contributed by atoms with Gasteiger partial charge in [-0.3, -0.25) is 5.10 Å². The predicted octanol–water partition coefficient (Wildman–Crippen LogP) is 0.683. The van der Waals surface area contributed by atoms with Crippen LogP contribution in [-0.2, 0) is 0 Å². The van der Waals surface area contributed by atoms with Crippen molar-refractivity contribution in [1.82, 2.24) is 20.5 Å². The summed E-state index contributed by atoms with van der Waals surface area (Å²) in [5.74, 6) is 1.13. The number of phenols is 2. The molecule has 0 amide bonds. The summed E-state index contributed by atoms with van der Waals surface area (Å²) < 4.78 is 0. The van der Waals surface area contributed by atoms with Gasteiger partial charge >= 0.3 is 0 Å². The molecular formula is C13H17N5O2. The van der Waals surface area contributed by atoms with Crippen molar-refractivity contribution in [2.24, 2.45) is 0 Å². The van der Waals surface area contributed by atoms with Gasteiger partial charge in [-0.15, -0.1) is 5.10 Å². The molecule has 0 spiro atoms. The molecule has 7 nitrogen and oxygen atoms in total. The van der Waals surface area contributed by atoms with Crippen LogP contribution in [0.15, 0.2) is 18.2 Å². The second-order valence-corrected chi connectivity index (χ2v) is 4.78. The Hall–Kier alpha value is -2.28. The SMILES string of the molecule is Oc1ccc(-c2nc(N3CCCNCC3)n[nH]2)c(O)c1. The minimum Gasteiger partial charge on any atom is -0.508 e. The molecule has 0 unspecified atom stereocenters. The van der Waals surface area contributed by atoms with Gasteiger partial charge in [0.2, 0.25) is 5.95 Å². The van der Waals surface area contributed by atoms with E-state index < -0.39 is 0 Å². The zero-order valence-corrected chi connectivity index (χ0v) is 11.0. The van der Waals surface area contributed by atoms with Crippen LogP contribution in [0.4, 0.5) is 5.95 Å². The molecule has 1 aliphatic heterocycles. The van der Waals surface area contributed by atoms with Crippen molar-refractivity contribution >= 4 is 5.95 Å². The average Bonchev–Trinajstić information content (AvgIpc) is 2.74. The lowest BCUT2D eigenvalue weighted by Crippen LogP contribution is -2.28. The monoisotopic (exact) mass is 275 g/mol. The Morgan fingerprint density at radius 3 is 2.90 bits per heavy atom. The van der Waals surface area contributed by atoms with Gasteiger partial charge in [-0.2, -0.15) is 4.98 Å². The highest BCUT2D eigenvalue weighted by atomic mass is 16.3. The summed E-state index contributed by atoms with van der Waals surface area (Å²) in [7, 11) is 0. The van der Waals surface area contributed by atoms with Crippen molar-refractivity contribution in [2.75, 3.05) is 31.1 Å². The molecule has 7 heteroatoms. The van der Waals surface area contributed by atoms with E-state index in [1.165, 1.54) is 12.1 Å². The average molecular weight is 275 g/mol. The fourth-order valence-corrected chi connectivity index (χ4v) is 2.28. The molecule has 0 atom stereocenters. The van der Waals surface area contributed by atoms with Crippen LogP contribution >= 0.6 is 0 Å². The number of hydrogen-bond acceptors (Lipinski definition) is 6. The van der Waals surface area contributed by atoms with Crippen molar-refractivity contribution < 1.29 is 10.2 Å². The molecule has 0 bridgehead atoms. The maximum absolute atomic E-state index is 9.84. The number of aromatic nitrogens is 3. The number of nitrogens with one attached hydrogen (secondary N) is 2. The van der Waals surface area contributed by atoms with E-state index in [1.54, 1.807) is 6.07 Å². The quantitative estimate of drug-likeness (QED) is 0.643. The van der Waals surface area contributed by atoms with Crippen molar-refractivity contribution in [3.63, 3.8) is 0 Å². The van der Waals surface area contributed by atoms with Gasteiger partial charge in [0, 0.05) is 25.7 Å². The number of aromatic hydroxyl groups is 2. The molecule has 1 fully saturated rings. The zero-order chi connectivity index (χ0) is 13.9. The standard InChI is InChI=1S/C13H17N5O2/c19-9-2-3-10(11(20)8-9)12-15-13(17-16-12)18-6-1-4-14-5-7-18/h2-3,8,14,19-20H,1,4-7H2,(H,15,16,17). The van der Waals surface area contributed by atoms with Gasteiger partial charge in [-0.05, 0) is 25.1 Å². The minimum absolute atomic E-state index is 0.0181. The maximum Gasteiger partial charge on any atom is 0.245 e. The van der Waals surface area contributed by atoms with Crippen LogP contribution in [-0.4, -0.2) is 51.6 Å². The Morgan fingerprint density at radius 1 is 1.15 bits per heavy atom. The molecule has 1 aromatic carbocycles. The van der Waals surface area contributed by atoms with Gasteiger partial charge in [0.15, 0.2) is 5.82 Å². The van der Waals surface area contributed by atoms with E-state index in [0.717, 1.165) is 32.6 Å². The van der Waals surface area contributed by atoms with E-state index in [-0.39, 0.29) is 11.5 Å². The van der Waals surface area contributed by atoms with Gasteiger partial charge < -0.3 is 20.4 Å². The van der Waals surface area contributed by atoms with Crippen LogP contribution in [0, 0.1) is 0 Å². The van der Waals surface area contributed by atoms with Gasteiger partial charge in [-0.25, -0.2) is 0 Å². The number of hydrogen-bond donors (Lipinski definition) is 4. The van der Waals surface area contributed by atoms with Gasteiger partial charge in [-0.1, -0.05) is 0 Å². The smallest absolute Gasteiger partial charge is 0.245 e. The molecule has 1 aromatic heterocycles. The number of rotatable bonds is 2. The molecule has 20 heavy (non-hydrogen) atoms. The fourth-order valence-electron chi connectivity index (χ4n) is 2.28. The van der Waals surface area contributed by atoms with E-state index >= 15 is 0 Å². The van der Waals surface area contributed by atoms with E-state index in [9.17, 15) is 10.2 Å². The maximum atomic E-state index is 9.84. The van der Waals surface area contributed by atoms with Crippen LogP contribution in [0.25, 0.3) is 11.4 Å². The van der Waals surface area contributed by atoms with Gasteiger partial charge in [0.1, 0.15) is 11.5 Å². The van der Waals surface area contributed by atoms with Crippen molar-refractivity contribution in [3.8, 4) is 22.9 Å². The predicted molar refractivity (Wildman–Crippen MR) is 74.8 cm³/mol. The highest BCUT2D eigenvalue weighted by Crippen LogP contribution is 2.30. The summed E-state index contributed by atoms with van der Waals surface area (Å²) in [6.45, 7) is 3.69. The Labute approximate surface area is 116 Å². The Balaban J connectivity index is 1.85. The highest BCUT2D eigenvalue weighted by Gasteiger charge is 2.16. The van der Waals surface area contributed by atoms with Crippen molar-refractivity contribution in [1.29, 1.82) is 0 Å². The molecule has 1 aliphatic rings. The third-order valence-electron chi connectivity index (χ3n) is 3.33. The normalized spacial score (nSPS) is 16.1. The number of benzene rings is 1. The number of nitrogens with zero attached hydrogens (tertiary/aromatic N) is 3. The third kappa shape index (κ3) is 2.53. The minimum atomic E-state index is -0.0229. The topological polar surface area (TPSA) is 97.3 Å². The summed E-state index contributed by atoms with van der Waals surface area (Å²) in [5, 5.41) is 29.5. The highest BCUT2D eigenvalue weighted by molar-refractivity contribution is 5.65. The molecule has 0 radical (unpaired) electrons. The van der Waals surface area contributed by atoms with Gasteiger partial charge in [0.25, 0.3) is 0 Å². The number of phenolic OH excluding ortho intramolecular Hbond substituents is 2. The number of H-pyrrole nitrogens is 1. The third-order valence-corrected chi connectivity index (χ3v) is 3.33. The Morgan fingerprint density at radius 2 is 2.05 bits per heavy atom. The molecule has 2 aromatic rings. The molecular weight excluding hydrogens is 258 g/mol. The Kier molecular flexibility index (Phi) is 3.42. The molecule has 1 saturated heterocycles. The molecule has 2 heterocycles. The Bertz CT molecular complexity index is 590. The summed E-state index contributed by atoms with van der Waals surface area (Å²) in [5.41, 5.74) is 0.523. The lowest BCUT2D eigenvalue weighted by atomic mass is 10.2.